The summed E-state index contributed by atoms with van der Waals surface area (Å²) < 4.78 is 1.27. The van der Waals surface area contributed by atoms with Crippen molar-refractivity contribution in [1.82, 2.24) is 0 Å². The minimum Gasteiger partial charge on any atom is -0.388 e. The largest absolute Gasteiger partial charge is 0.388 e. The van der Waals surface area contributed by atoms with Gasteiger partial charge in [-0.25, -0.2) is 0 Å². The molecular weight excluding hydrogens is 240 g/mol. The van der Waals surface area contributed by atoms with E-state index in [0.717, 1.165) is 5.56 Å². The van der Waals surface area contributed by atoms with Gasteiger partial charge in [-0.3, -0.25) is 0 Å². The standard InChI is InChI=1S/C16H20OS/c17-15(12-6-3-1-2-4-7-12)14-9-5-8-13-10-11-18-16(13)14/h5,8-12,15,17H,1-4,6-7H2. The summed E-state index contributed by atoms with van der Waals surface area (Å²) in [7, 11) is 0. The van der Waals surface area contributed by atoms with Crippen LogP contribution in [-0.2, 0) is 0 Å². The van der Waals surface area contributed by atoms with E-state index in [1.807, 2.05) is 0 Å². The van der Waals surface area contributed by atoms with Crippen molar-refractivity contribution in [1.29, 1.82) is 0 Å². The lowest BCUT2D eigenvalue weighted by molar-refractivity contribution is 0.100. The summed E-state index contributed by atoms with van der Waals surface area (Å²) >= 11 is 1.75. The van der Waals surface area contributed by atoms with Crippen LogP contribution in [0.3, 0.4) is 0 Å². The van der Waals surface area contributed by atoms with E-state index in [1.54, 1.807) is 11.3 Å². The average molecular weight is 260 g/mol. The quantitative estimate of drug-likeness (QED) is 0.761. The van der Waals surface area contributed by atoms with Gasteiger partial charge in [-0.1, -0.05) is 43.9 Å². The minimum atomic E-state index is -0.273. The minimum absolute atomic E-state index is 0.273. The third-order valence-electron chi connectivity index (χ3n) is 4.17. The van der Waals surface area contributed by atoms with Crippen LogP contribution in [0.2, 0.25) is 0 Å². The fraction of sp³-hybridized carbons (Fsp3) is 0.500. The van der Waals surface area contributed by atoms with E-state index < -0.39 is 0 Å². The van der Waals surface area contributed by atoms with Crippen LogP contribution >= 0.6 is 11.3 Å². The second kappa shape index (κ2) is 5.41. The number of fused-ring (bicyclic) bond motifs is 1. The van der Waals surface area contributed by atoms with Crippen molar-refractivity contribution in [2.24, 2.45) is 5.92 Å². The molecule has 0 saturated heterocycles. The molecule has 1 aromatic heterocycles. The predicted octanol–water partition coefficient (Wildman–Crippen LogP) is 4.91. The topological polar surface area (TPSA) is 20.2 Å². The van der Waals surface area contributed by atoms with Crippen LogP contribution in [0.5, 0.6) is 0 Å². The Hall–Kier alpha value is -0.860. The van der Waals surface area contributed by atoms with Gasteiger partial charge >= 0.3 is 0 Å². The fourth-order valence-corrected chi connectivity index (χ4v) is 4.08. The fourth-order valence-electron chi connectivity index (χ4n) is 3.13. The second-order valence-electron chi connectivity index (χ2n) is 5.38. The molecule has 1 fully saturated rings. The number of aliphatic hydroxyl groups excluding tert-OH is 1. The number of thiophene rings is 1. The zero-order valence-electron chi connectivity index (χ0n) is 10.6. The van der Waals surface area contributed by atoms with Crippen LogP contribution in [0.15, 0.2) is 29.6 Å². The third-order valence-corrected chi connectivity index (χ3v) is 5.15. The molecule has 0 bridgehead atoms. The molecule has 1 aliphatic rings. The molecule has 1 aromatic carbocycles. The molecule has 1 N–H and O–H groups in total. The Kier molecular flexibility index (Phi) is 3.67. The van der Waals surface area contributed by atoms with Gasteiger partial charge in [-0.05, 0) is 41.2 Å². The van der Waals surface area contributed by atoms with E-state index in [1.165, 1.54) is 48.6 Å². The monoisotopic (exact) mass is 260 g/mol. The first-order chi connectivity index (χ1) is 8.86. The highest BCUT2D eigenvalue weighted by molar-refractivity contribution is 7.17. The van der Waals surface area contributed by atoms with Gasteiger partial charge in [0.1, 0.15) is 0 Å². The summed E-state index contributed by atoms with van der Waals surface area (Å²) in [6.45, 7) is 0. The van der Waals surface area contributed by atoms with Gasteiger partial charge in [0.05, 0.1) is 6.10 Å². The molecule has 0 amide bonds. The lowest BCUT2D eigenvalue weighted by atomic mass is 9.89. The summed E-state index contributed by atoms with van der Waals surface area (Å²) in [6.07, 6.45) is 7.33. The van der Waals surface area contributed by atoms with Crippen LogP contribution in [0.25, 0.3) is 10.1 Å². The Bertz CT molecular complexity index is 509. The highest BCUT2D eigenvalue weighted by Gasteiger charge is 2.23. The first-order valence-corrected chi connectivity index (χ1v) is 7.88. The lowest BCUT2D eigenvalue weighted by Crippen LogP contribution is -2.12. The Labute approximate surface area is 112 Å². The molecule has 1 nitrogen and oxygen atoms in total. The third kappa shape index (κ3) is 2.32. The van der Waals surface area contributed by atoms with E-state index in [-0.39, 0.29) is 6.10 Å². The number of rotatable bonds is 2. The van der Waals surface area contributed by atoms with Gasteiger partial charge < -0.3 is 5.11 Å². The van der Waals surface area contributed by atoms with Gasteiger partial charge in [-0.2, -0.15) is 0 Å². The van der Waals surface area contributed by atoms with E-state index in [4.69, 9.17) is 0 Å². The van der Waals surface area contributed by atoms with E-state index in [2.05, 4.69) is 29.6 Å². The molecule has 0 spiro atoms. The molecule has 0 aliphatic heterocycles. The maximum Gasteiger partial charge on any atom is 0.0832 e. The molecule has 18 heavy (non-hydrogen) atoms. The van der Waals surface area contributed by atoms with Gasteiger partial charge in [0.25, 0.3) is 0 Å². The summed E-state index contributed by atoms with van der Waals surface area (Å²) in [4.78, 5) is 0. The van der Waals surface area contributed by atoms with Crippen LogP contribution in [0.4, 0.5) is 0 Å². The van der Waals surface area contributed by atoms with Gasteiger partial charge in [-0.15, -0.1) is 11.3 Å². The molecule has 96 valence electrons. The predicted molar refractivity (Wildman–Crippen MR) is 78.0 cm³/mol. The molecule has 3 rings (SSSR count). The summed E-state index contributed by atoms with van der Waals surface area (Å²) in [5.41, 5.74) is 1.15. The average Bonchev–Trinajstić information content (AvgIpc) is 2.71. The van der Waals surface area contributed by atoms with Gasteiger partial charge in [0.2, 0.25) is 0 Å². The summed E-state index contributed by atoms with van der Waals surface area (Å²) in [6, 6.07) is 8.46. The van der Waals surface area contributed by atoms with Crippen molar-refractivity contribution in [2.45, 2.75) is 44.6 Å². The zero-order valence-corrected chi connectivity index (χ0v) is 11.5. The highest BCUT2D eigenvalue weighted by atomic mass is 32.1. The summed E-state index contributed by atoms with van der Waals surface area (Å²) in [5.74, 6) is 0.459. The molecule has 1 saturated carbocycles. The van der Waals surface area contributed by atoms with Gasteiger partial charge in [0.15, 0.2) is 0 Å². The lowest BCUT2D eigenvalue weighted by Gasteiger charge is -2.22. The van der Waals surface area contributed by atoms with Crippen molar-refractivity contribution in [3.63, 3.8) is 0 Å². The molecule has 0 radical (unpaired) electrons. The van der Waals surface area contributed by atoms with Crippen LogP contribution in [-0.4, -0.2) is 5.11 Å². The number of hydrogen-bond donors (Lipinski definition) is 1. The molecule has 2 aromatic rings. The van der Waals surface area contributed by atoms with Crippen molar-refractivity contribution in [2.75, 3.05) is 0 Å². The Balaban J connectivity index is 1.90. The molecule has 1 atom stereocenters. The van der Waals surface area contributed by atoms with Crippen molar-refractivity contribution in [3.8, 4) is 0 Å². The smallest absolute Gasteiger partial charge is 0.0832 e. The maximum absolute atomic E-state index is 10.7. The molecule has 1 heterocycles. The molecular formula is C16H20OS. The highest BCUT2D eigenvalue weighted by Crippen LogP contribution is 2.37. The van der Waals surface area contributed by atoms with Crippen LogP contribution in [0, 0.1) is 5.92 Å². The van der Waals surface area contributed by atoms with Gasteiger partial charge in [0, 0.05) is 4.70 Å². The van der Waals surface area contributed by atoms with Crippen molar-refractivity contribution < 1.29 is 5.11 Å². The van der Waals surface area contributed by atoms with Crippen molar-refractivity contribution in [3.05, 3.63) is 35.2 Å². The SMILES string of the molecule is OC(c1cccc2ccsc12)C1CCCCCC1. The first kappa shape index (κ1) is 12.2. The first-order valence-electron chi connectivity index (χ1n) is 7.00. The van der Waals surface area contributed by atoms with E-state index in [9.17, 15) is 5.11 Å². The second-order valence-corrected chi connectivity index (χ2v) is 6.30. The maximum atomic E-state index is 10.7. The van der Waals surface area contributed by atoms with Crippen molar-refractivity contribution >= 4 is 21.4 Å². The van der Waals surface area contributed by atoms with E-state index in [0.29, 0.717) is 5.92 Å². The Morgan fingerprint density at radius 3 is 2.61 bits per heavy atom. The normalized spacial score (nSPS) is 19.8. The number of benzene rings is 1. The Morgan fingerprint density at radius 1 is 1.06 bits per heavy atom. The number of aliphatic hydroxyl groups is 1. The molecule has 1 unspecified atom stereocenters. The molecule has 2 heteroatoms. The number of hydrogen-bond acceptors (Lipinski definition) is 2. The summed E-state index contributed by atoms with van der Waals surface area (Å²) in [5, 5.41) is 14.1. The van der Waals surface area contributed by atoms with Crippen LogP contribution in [0.1, 0.15) is 50.2 Å². The van der Waals surface area contributed by atoms with E-state index >= 15 is 0 Å². The Morgan fingerprint density at radius 2 is 1.83 bits per heavy atom. The molecule has 1 aliphatic carbocycles. The van der Waals surface area contributed by atoms with Crippen LogP contribution < -0.4 is 0 Å². The zero-order chi connectivity index (χ0) is 12.4.